The van der Waals surface area contributed by atoms with Crippen LogP contribution in [0.1, 0.15) is 17.7 Å². The van der Waals surface area contributed by atoms with Gasteiger partial charge in [-0.05, 0) is 31.4 Å². The van der Waals surface area contributed by atoms with E-state index < -0.39 is 0 Å². The van der Waals surface area contributed by atoms with Gasteiger partial charge in [0.15, 0.2) is 5.76 Å². The van der Waals surface area contributed by atoms with Crippen LogP contribution in [-0.4, -0.2) is 30.0 Å². The fourth-order valence-corrected chi connectivity index (χ4v) is 2.38. The summed E-state index contributed by atoms with van der Waals surface area (Å²) < 4.78 is 11.0. The Balaban J connectivity index is 1.60. The number of aryl methyl sites for hydroxylation is 1. The molecule has 3 heterocycles. The van der Waals surface area contributed by atoms with Gasteiger partial charge in [-0.1, -0.05) is 0 Å². The van der Waals surface area contributed by atoms with Gasteiger partial charge in [-0.2, -0.15) is 5.10 Å². The average molecular weight is 261 g/mol. The first-order valence-electron chi connectivity index (χ1n) is 6.70. The minimum absolute atomic E-state index is 0.640. The monoisotopic (exact) mass is 261 g/mol. The van der Waals surface area contributed by atoms with Gasteiger partial charge in [0.05, 0.1) is 12.8 Å². The van der Waals surface area contributed by atoms with Crippen LogP contribution < -0.4 is 5.32 Å². The topological polar surface area (TPSA) is 63.1 Å². The molecule has 1 fully saturated rings. The summed E-state index contributed by atoms with van der Waals surface area (Å²) in [4.78, 5) is 0. The summed E-state index contributed by atoms with van der Waals surface area (Å²) in [5.74, 6) is 2.39. The van der Waals surface area contributed by atoms with Crippen molar-refractivity contribution in [3.63, 3.8) is 0 Å². The van der Waals surface area contributed by atoms with E-state index in [1.54, 1.807) is 0 Å². The summed E-state index contributed by atoms with van der Waals surface area (Å²) in [6.45, 7) is 5.50. The number of rotatable bonds is 5. The summed E-state index contributed by atoms with van der Waals surface area (Å²) in [6.07, 6.45) is 3.01. The quantitative estimate of drug-likeness (QED) is 0.865. The SMILES string of the molecule is Cc1ccc(-c2[nH]ncc2CNCC2CCOC2)o1. The van der Waals surface area contributed by atoms with Gasteiger partial charge in [0.1, 0.15) is 11.5 Å². The predicted octanol–water partition coefficient (Wildman–Crippen LogP) is 2.10. The second-order valence-corrected chi connectivity index (χ2v) is 5.04. The molecule has 0 saturated carbocycles. The number of hydrogen-bond acceptors (Lipinski definition) is 4. The standard InChI is InChI=1S/C14H19N3O2/c1-10-2-3-13(19-10)14-12(8-16-17-14)7-15-6-11-4-5-18-9-11/h2-3,8,11,15H,4-7,9H2,1H3,(H,16,17). The molecule has 1 aliphatic rings. The molecule has 0 bridgehead atoms. The number of furan rings is 1. The summed E-state index contributed by atoms with van der Waals surface area (Å²) in [5.41, 5.74) is 2.09. The first-order valence-corrected chi connectivity index (χ1v) is 6.70. The Labute approximate surface area is 112 Å². The number of hydrogen-bond donors (Lipinski definition) is 2. The molecule has 0 aliphatic carbocycles. The molecule has 1 atom stereocenters. The van der Waals surface area contributed by atoms with E-state index in [-0.39, 0.29) is 0 Å². The highest BCUT2D eigenvalue weighted by Crippen LogP contribution is 2.23. The molecule has 0 aromatic carbocycles. The van der Waals surface area contributed by atoms with Gasteiger partial charge in [0.2, 0.25) is 0 Å². The second kappa shape index (κ2) is 5.59. The molecule has 0 radical (unpaired) electrons. The van der Waals surface area contributed by atoms with Crippen molar-refractivity contribution in [2.75, 3.05) is 19.8 Å². The third-order valence-electron chi connectivity index (χ3n) is 3.48. The maximum atomic E-state index is 5.63. The number of H-pyrrole nitrogens is 1. The second-order valence-electron chi connectivity index (χ2n) is 5.04. The lowest BCUT2D eigenvalue weighted by Crippen LogP contribution is -2.22. The van der Waals surface area contributed by atoms with E-state index in [0.29, 0.717) is 5.92 Å². The Hall–Kier alpha value is -1.59. The van der Waals surface area contributed by atoms with Crippen LogP contribution in [0.3, 0.4) is 0 Å². The van der Waals surface area contributed by atoms with Crippen molar-refractivity contribution in [3.8, 4) is 11.5 Å². The van der Waals surface area contributed by atoms with Crippen molar-refractivity contribution in [1.29, 1.82) is 0 Å². The van der Waals surface area contributed by atoms with E-state index in [1.165, 1.54) is 0 Å². The fourth-order valence-electron chi connectivity index (χ4n) is 2.38. The van der Waals surface area contributed by atoms with Crippen molar-refractivity contribution in [3.05, 3.63) is 29.7 Å². The highest BCUT2D eigenvalue weighted by atomic mass is 16.5. The summed E-state index contributed by atoms with van der Waals surface area (Å²) >= 11 is 0. The van der Waals surface area contributed by atoms with Gasteiger partial charge in [-0.25, -0.2) is 0 Å². The van der Waals surface area contributed by atoms with Crippen molar-refractivity contribution in [1.82, 2.24) is 15.5 Å². The minimum atomic E-state index is 0.640. The van der Waals surface area contributed by atoms with Crippen LogP contribution in [0.25, 0.3) is 11.5 Å². The number of nitrogens with one attached hydrogen (secondary N) is 2. The Kier molecular flexibility index (Phi) is 3.66. The molecular weight excluding hydrogens is 242 g/mol. The molecule has 0 spiro atoms. The molecule has 2 aromatic heterocycles. The molecular formula is C14H19N3O2. The molecule has 1 saturated heterocycles. The zero-order chi connectivity index (χ0) is 13.1. The van der Waals surface area contributed by atoms with Gasteiger partial charge in [0, 0.05) is 25.3 Å². The smallest absolute Gasteiger partial charge is 0.152 e. The molecule has 5 heteroatoms. The van der Waals surface area contributed by atoms with E-state index >= 15 is 0 Å². The zero-order valence-corrected chi connectivity index (χ0v) is 11.1. The van der Waals surface area contributed by atoms with E-state index in [0.717, 1.165) is 55.5 Å². The fraction of sp³-hybridized carbons (Fsp3) is 0.500. The third-order valence-corrected chi connectivity index (χ3v) is 3.48. The van der Waals surface area contributed by atoms with Crippen molar-refractivity contribution >= 4 is 0 Å². The number of nitrogens with zero attached hydrogens (tertiary/aromatic N) is 1. The molecule has 3 rings (SSSR count). The Morgan fingerprint density at radius 2 is 2.42 bits per heavy atom. The minimum Gasteiger partial charge on any atom is -0.460 e. The lowest BCUT2D eigenvalue weighted by Gasteiger charge is -2.08. The average Bonchev–Trinajstić information content (AvgIpc) is 3.10. The first kappa shape index (κ1) is 12.4. The number of aromatic nitrogens is 2. The van der Waals surface area contributed by atoms with Crippen LogP contribution in [0.15, 0.2) is 22.7 Å². The summed E-state index contributed by atoms with van der Waals surface area (Å²) in [7, 11) is 0. The zero-order valence-electron chi connectivity index (χ0n) is 11.1. The maximum absolute atomic E-state index is 5.63. The molecule has 0 amide bonds. The van der Waals surface area contributed by atoms with Crippen molar-refractivity contribution in [2.45, 2.75) is 19.9 Å². The lowest BCUT2D eigenvalue weighted by atomic mass is 10.1. The largest absolute Gasteiger partial charge is 0.460 e. The third kappa shape index (κ3) is 2.88. The summed E-state index contributed by atoms with van der Waals surface area (Å²) in [5, 5.41) is 10.6. The van der Waals surface area contributed by atoms with Crippen LogP contribution >= 0.6 is 0 Å². The number of ether oxygens (including phenoxy) is 1. The Morgan fingerprint density at radius 1 is 1.47 bits per heavy atom. The van der Waals surface area contributed by atoms with Crippen LogP contribution in [0, 0.1) is 12.8 Å². The van der Waals surface area contributed by atoms with E-state index in [2.05, 4.69) is 15.5 Å². The molecule has 2 N–H and O–H groups in total. The van der Waals surface area contributed by atoms with Gasteiger partial charge >= 0.3 is 0 Å². The van der Waals surface area contributed by atoms with Gasteiger partial charge in [-0.3, -0.25) is 5.10 Å². The van der Waals surface area contributed by atoms with E-state index in [9.17, 15) is 0 Å². The van der Waals surface area contributed by atoms with E-state index in [4.69, 9.17) is 9.15 Å². The number of aromatic amines is 1. The molecule has 5 nitrogen and oxygen atoms in total. The van der Waals surface area contributed by atoms with Crippen molar-refractivity contribution in [2.24, 2.45) is 5.92 Å². The maximum Gasteiger partial charge on any atom is 0.152 e. The van der Waals surface area contributed by atoms with Gasteiger partial charge < -0.3 is 14.5 Å². The first-order chi connectivity index (χ1) is 9.33. The van der Waals surface area contributed by atoms with Gasteiger partial charge in [0.25, 0.3) is 0 Å². The molecule has 102 valence electrons. The van der Waals surface area contributed by atoms with Gasteiger partial charge in [-0.15, -0.1) is 0 Å². The van der Waals surface area contributed by atoms with Crippen LogP contribution in [0.4, 0.5) is 0 Å². The molecule has 1 aliphatic heterocycles. The summed E-state index contributed by atoms with van der Waals surface area (Å²) in [6, 6.07) is 3.93. The normalized spacial score (nSPS) is 19.1. The lowest BCUT2D eigenvalue weighted by molar-refractivity contribution is 0.185. The van der Waals surface area contributed by atoms with E-state index in [1.807, 2.05) is 25.3 Å². The Bertz CT molecular complexity index is 526. The van der Waals surface area contributed by atoms with Crippen LogP contribution in [-0.2, 0) is 11.3 Å². The molecule has 1 unspecified atom stereocenters. The Morgan fingerprint density at radius 3 is 3.16 bits per heavy atom. The van der Waals surface area contributed by atoms with Crippen LogP contribution in [0.2, 0.25) is 0 Å². The van der Waals surface area contributed by atoms with Crippen LogP contribution in [0.5, 0.6) is 0 Å². The highest BCUT2D eigenvalue weighted by molar-refractivity contribution is 5.56. The molecule has 2 aromatic rings. The predicted molar refractivity (Wildman–Crippen MR) is 71.7 cm³/mol. The highest BCUT2D eigenvalue weighted by Gasteiger charge is 2.16. The van der Waals surface area contributed by atoms with Crippen molar-refractivity contribution < 1.29 is 9.15 Å². The molecule has 19 heavy (non-hydrogen) atoms.